The minimum Gasteiger partial charge on any atom is -0.246 e. The molecule has 0 unspecified atom stereocenters. The SMILES string of the molecule is c1ccc([Si]2(c3ccccc3)OOOO[Si](c3ccccc3)(c3ccccc3)[Si](c3ccccc3)(c3ccccc3)[Si]2(c2ccccc2)c2ccccc2)cc1. The van der Waals surface area contributed by atoms with Gasteiger partial charge < -0.3 is 0 Å². The number of rotatable bonds is 8. The van der Waals surface area contributed by atoms with Crippen LogP contribution in [0.5, 0.6) is 0 Å². The standard InChI is InChI=1S/C48H40O4Si4/c1-9-25-41(26-10-1)53(42-27-11-2-12-28-42)51-49-50-52-54(43-29-13-3-14-30-43,44-31-15-4-16-32-44)56(47-37-21-7-22-38-47,48-39-23-8-24-40-48)55(53,45-33-17-5-18-34-45)46-35-19-6-20-36-46/h1-40H. The van der Waals surface area contributed by atoms with Gasteiger partial charge in [-0.15, -0.1) is 0 Å². The van der Waals surface area contributed by atoms with Gasteiger partial charge in [0.05, 0.1) is 0 Å². The maximum atomic E-state index is 7.44. The summed E-state index contributed by atoms with van der Waals surface area (Å²) in [6, 6.07) is 88.4. The highest BCUT2D eigenvalue weighted by molar-refractivity contribution is 7.97. The van der Waals surface area contributed by atoms with Gasteiger partial charge in [0, 0.05) is 0 Å². The molecule has 1 aliphatic heterocycles. The molecular weight excluding hydrogens is 753 g/mol. The lowest BCUT2D eigenvalue weighted by molar-refractivity contribution is -0.584. The van der Waals surface area contributed by atoms with Crippen LogP contribution in [0, 0.1) is 0 Å². The van der Waals surface area contributed by atoms with E-state index in [1.54, 1.807) is 0 Å². The van der Waals surface area contributed by atoms with Gasteiger partial charge in [-0.2, -0.15) is 0 Å². The molecule has 0 aromatic heterocycles. The van der Waals surface area contributed by atoms with E-state index < -0.39 is 29.9 Å². The van der Waals surface area contributed by atoms with Crippen molar-refractivity contribution in [3.63, 3.8) is 0 Å². The summed E-state index contributed by atoms with van der Waals surface area (Å²) in [5, 5.41) is 22.0. The lowest BCUT2D eigenvalue weighted by Gasteiger charge is -2.61. The Morgan fingerprint density at radius 1 is 0.196 bits per heavy atom. The number of benzene rings is 8. The van der Waals surface area contributed by atoms with Crippen molar-refractivity contribution >= 4 is 71.4 Å². The molecule has 1 heterocycles. The molecule has 1 aliphatic rings. The van der Waals surface area contributed by atoms with Crippen LogP contribution in [-0.2, 0) is 19.2 Å². The second kappa shape index (κ2) is 15.5. The zero-order chi connectivity index (χ0) is 37.7. The van der Waals surface area contributed by atoms with Crippen LogP contribution < -0.4 is 41.5 Å². The fourth-order valence-electron chi connectivity index (χ4n) is 9.63. The quantitative estimate of drug-likeness (QED) is 0.159. The Morgan fingerprint density at radius 3 is 0.536 bits per heavy atom. The summed E-state index contributed by atoms with van der Waals surface area (Å²) in [7, 11) is -15.2. The molecule has 272 valence electrons. The smallest absolute Gasteiger partial charge is 0.246 e. The van der Waals surface area contributed by atoms with E-state index in [1.807, 2.05) is 0 Å². The van der Waals surface area contributed by atoms with Crippen LogP contribution in [0.2, 0.25) is 0 Å². The molecule has 0 spiro atoms. The van der Waals surface area contributed by atoms with Crippen LogP contribution in [0.3, 0.4) is 0 Å². The van der Waals surface area contributed by atoms with Gasteiger partial charge in [-0.3, -0.25) is 0 Å². The van der Waals surface area contributed by atoms with Crippen molar-refractivity contribution in [3.8, 4) is 0 Å². The van der Waals surface area contributed by atoms with Gasteiger partial charge >= 0.3 is 0 Å². The fourth-order valence-corrected chi connectivity index (χ4v) is 79.0. The summed E-state index contributed by atoms with van der Waals surface area (Å²) >= 11 is 0. The molecule has 9 rings (SSSR count). The minimum atomic E-state index is -3.83. The van der Waals surface area contributed by atoms with Crippen molar-refractivity contribution in [1.29, 1.82) is 0 Å². The molecule has 4 nitrogen and oxygen atoms in total. The predicted molar refractivity (Wildman–Crippen MR) is 236 cm³/mol. The molecule has 1 fully saturated rings. The summed E-state index contributed by atoms with van der Waals surface area (Å²) < 4.78 is 14.9. The number of hydrogen-bond acceptors (Lipinski definition) is 4. The molecule has 0 radical (unpaired) electrons. The minimum absolute atomic E-state index is 1.10. The Kier molecular flexibility index (Phi) is 10.0. The Bertz CT molecular complexity index is 2130. The van der Waals surface area contributed by atoms with Gasteiger partial charge in [0.1, 0.15) is 0 Å². The highest BCUT2D eigenvalue weighted by atomic mass is 29.8. The third-order valence-corrected chi connectivity index (χ3v) is 60.7. The van der Waals surface area contributed by atoms with E-state index in [0.717, 1.165) is 20.7 Å². The topological polar surface area (TPSA) is 36.9 Å². The van der Waals surface area contributed by atoms with Crippen molar-refractivity contribution in [2.24, 2.45) is 0 Å². The first-order chi connectivity index (χ1) is 27.8. The maximum Gasteiger partial charge on any atom is 0.297 e. The summed E-state index contributed by atoms with van der Waals surface area (Å²) in [5.41, 5.74) is 0. The predicted octanol–water partition coefficient (Wildman–Crippen LogP) is 5.09. The van der Waals surface area contributed by atoms with Gasteiger partial charge in [0.2, 0.25) is 0 Å². The average molecular weight is 793 g/mol. The van der Waals surface area contributed by atoms with Crippen LogP contribution >= 0.6 is 0 Å². The zero-order valence-electron chi connectivity index (χ0n) is 30.7. The molecule has 8 aromatic rings. The van der Waals surface area contributed by atoms with Gasteiger partial charge in [-0.1, -0.05) is 263 Å². The Labute approximate surface area is 331 Å². The van der Waals surface area contributed by atoms with Gasteiger partial charge in [0.25, 0.3) is 15.7 Å². The molecule has 0 aliphatic carbocycles. The second-order valence-electron chi connectivity index (χ2n) is 14.1. The normalized spacial score (nSPS) is 16.9. The first-order valence-electron chi connectivity index (χ1n) is 18.9. The van der Waals surface area contributed by atoms with E-state index in [1.165, 1.54) is 20.7 Å². The van der Waals surface area contributed by atoms with Crippen molar-refractivity contribution in [2.45, 2.75) is 0 Å². The third kappa shape index (κ3) is 5.38. The Morgan fingerprint density at radius 2 is 0.357 bits per heavy atom. The van der Waals surface area contributed by atoms with Crippen LogP contribution in [0.1, 0.15) is 0 Å². The van der Waals surface area contributed by atoms with E-state index in [0.29, 0.717) is 0 Å². The first kappa shape index (κ1) is 36.1. The zero-order valence-corrected chi connectivity index (χ0v) is 34.7. The lowest BCUT2D eigenvalue weighted by atomic mass is 10.4. The summed E-state index contributed by atoms with van der Waals surface area (Å²) in [4.78, 5) is 0. The Hall–Kier alpha value is -5.53. The van der Waals surface area contributed by atoms with Gasteiger partial charge in [-0.05, 0) is 30.8 Å². The van der Waals surface area contributed by atoms with Crippen LogP contribution in [0.15, 0.2) is 243 Å². The second-order valence-corrected chi connectivity index (χ2v) is 41.0. The van der Waals surface area contributed by atoms with Crippen LogP contribution in [0.25, 0.3) is 0 Å². The van der Waals surface area contributed by atoms with E-state index in [9.17, 15) is 0 Å². The summed E-state index contributed by atoms with van der Waals surface area (Å²) in [6.07, 6.45) is 0. The van der Waals surface area contributed by atoms with Gasteiger partial charge in [-0.25, -0.2) is 9.15 Å². The van der Waals surface area contributed by atoms with Crippen LogP contribution in [0.4, 0.5) is 0 Å². The average Bonchev–Trinajstić information content (AvgIpc) is 3.29. The molecule has 0 N–H and O–H groups in total. The Balaban J connectivity index is 1.69. The van der Waals surface area contributed by atoms with E-state index in [4.69, 9.17) is 19.2 Å². The molecule has 1 saturated heterocycles. The largest absolute Gasteiger partial charge is 0.297 e. The van der Waals surface area contributed by atoms with Gasteiger partial charge in [0.15, 0.2) is 14.2 Å². The molecule has 0 atom stereocenters. The lowest BCUT2D eigenvalue weighted by Crippen LogP contribution is -3.08. The molecule has 56 heavy (non-hydrogen) atoms. The van der Waals surface area contributed by atoms with E-state index >= 15 is 0 Å². The van der Waals surface area contributed by atoms with Crippen LogP contribution in [-0.4, -0.2) is 29.9 Å². The monoisotopic (exact) mass is 792 g/mol. The summed E-state index contributed by atoms with van der Waals surface area (Å²) in [6.45, 7) is 0. The fraction of sp³-hybridized carbons (Fsp3) is 0. The van der Waals surface area contributed by atoms with E-state index in [-0.39, 0.29) is 0 Å². The number of hydrogen-bond donors (Lipinski definition) is 0. The molecule has 0 amide bonds. The summed E-state index contributed by atoms with van der Waals surface area (Å²) in [5.74, 6) is 0. The van der Waals surface area contributed by atoms with Crippen molar-refractivity contribution in [3.05, 3.63) is 243 Å². The molecule has 0 saturated carbocycles. The highest BCUT2D eigenvalue weighted by Crippen LogP contribution is 2.39. The van der Waals surface area contributed by atoms with Crippen molar-refractivity contribution in [1.82, 2.24) is 0 Å². The maximum absolute atomic E-state index is 7.44. The van der Waals surface area contributed by atoms with Crippen molar-refractivity contribution in [2.75, 3.05) is 0 Å². The third-order valence-electron chi connectivity index (χ3n) is 11.5. The molecule has 8 heteroatoms. The first-order valence-corrected chi connectivity index (χ1v) is 29.8. The highest BCUT2D eigenvalue weighted by Gasteiger charge is 2.83. The van der Waals surface area contributed by atoms with Crippen molar-refractivity contribution < 1.29 is 19.2 Å². The molecule has 8 aromatic carbocycles. The van der Waals surface area contributed by atoms with E-state index in [2.05, 4.69) is 243 Å². The molecular formula is C48H40O4Si4. The molecule has 0 bridgehead atoms.